The maximum absolute atomic E-state index is 11.7. The highest BCUT2D eigenvalue weighted by atomic mass is 16.2. The lowest BCUT2D eigenvalue weighted by atomic mass is 10.0. The third-order valence-corrected chi connectivity index (χ3v) is 2.28. The van der Waals surface area contributed by atoms with Crippen LogP contribution in [0.1, 0.15) is 20.3 Å². The topological polar surface area (TPSA) is 44.4 Å². The van der Waals surface area contributed by atoms with Crippen LogP contribution >= 0.6 is 0 Å². The van der Waals surface area contributed by atoms with Crippen molar-refractivity contribution in [2.45, 2.75) is 26.3 Å². The molecule has 0 aliphatic carbocycles. The third-order valence-electron chi connectivity index (χ3n) is 2.28. The van der Waals surface area contributed by atoms with Gasteiger partial charge in [-0.3, -0.25) is 4.79 Å². The molecule has 0 bridgehead atoms. The number of nitrogens with one attached hydrogen (secondary N) is 2. The van der Waals surface area contributed by atoms with Gasteiger partial charge in [-0.1, -0.05) is 19.9 Å². The van der Waals surface area contributed by atoms with E-state index in [9.17, 15) is 4.79 Å². The summed E-state index contributed by atoms with van der Waals surface area (Å²) in [5, 5.41) is 6.06. The molecule has 2 N–H and O–H groups in total. The van der Waals surface area contributed by atoms with E-state index in [0.29, 0.717) is 19.0 Å². The van der Waals surface area contributed by atoms with Gasteiger partial charge in [0.15, 0.2) is 0 Å². The summed E-state index contributed by atoms with van der Waals surface area (Å²) in [6.07, 6.45) is 2.75. The standard InChI is InChI=1S/C13H27N3O/c1-6-7-14-9-13(17)15-12(8-11(2)3)10-16(4)5/h6,11-12,14H,1,7-10H2,2-5H3,(H,15,17). The van der Waals surface area contributed by atoms with Gasteiger partial charge in [0.2, 0.25) is 5.91 Å². The largest absolute Gasteiger partial charge is 0.351 e. The van der Waals surface area contributed by atoms with E-state index in [-0.39, 0.29) is 11.9 Å². The van der Waals surface area contributed by atoms with Crippen LogP contribution in [0.25, 0.3) is 0 Å². The van der Waals surface area contributed by atoms with Crippen LogP contribution in [-0.2, 0) is 4.79 Å². The lowest BCUT2D eigenvalue weighted by Gasteiger charge is -2.24. The average Bonchev–Trinajstić information content (AvgIpc) is 2.15. The minimum atomic E-state index is 0.0550. The lowest BCUT2D eigenvalue weighted by Crippen LogP contribution is -2.45. The maximum atomic E-state index is 11.7. The lowest BCUT2D eigenvalue weighted by molar-refractivity contribution is -0.121. The molecule has 0 aromatic heterocycles. The molecule has 0 fully saturated rings. The minimum Gasteiger partial charge on any atom is -0.351 e. The summed E-state index contributed by atoms with van der Waals surface area (Å²) in [4.78, 5) is 13.8. The highest BCUT2D eigenvalue weighted by Crippen LogP contribution is 2.05. The summed E-state index contributed by atoms with van der Waals surface area (Å²) >= 11 is 0. The number of hydrogen-bond donors (Lipinski definition) is 2. The quantitative estimate of drug-likeness (QED) is 0.465. The van der Waals surface area contributed by atoms with Gasteiger partial charge in [0.25, 0.3) is 0 Å². The van der Waals surface area contributed by atoms with Crippen molar-refractivity contribution in [1.29, 1.82) is 0 Å². The van der Waals surface area contributed by atoms with Gasteiger partial charge >= 0.3 is 0 Å². The Morgan fingerprint density at radius 1 is 1.41 bits per heavy atom. The summed E-state index contributed by atoms with van der Waals surface area (Å²) < 4.78 is 0. The predicted octanol–water partition coefficient (Wildman–Crippen LogP) is 0.855. The Morgan fingerprint density at radius 3 is 2.53 bits per heavy atom. The van der Waals surface area contributed by atoms with Crippen LogP contribution in [0.3, 0.4) is 0 Å². The van der Waals surface area contributed by atoms with Crippen molar-refractivity contribution in [2.24, 2.45) is 5.92 Å². The maximum Gasteiger partial charge on any atom is 0.234 e. The van der Waals surface area contributed by atoms with Gasteiger partial charge in [0.05, 0.1) is 6.54 Å². The molecule has 0 spiro atoms. The Hall–Kier alpha value is -0.870. The van der Waals surface area contributed by atoms with Gasteiger partial charge in [-0.2, -0.15) is 0 Å². The number of nitrogens with zero attached hydrogens (tertiary/aromatic N) is 1. The van der Waals surface area contributed by atoms with E-state index in [2.05, 4.69) is 36.0 Å². The average molecular weight is 241 g/mol. The van der Waals surface area contributed by atoms with E-state index in [0.717, 1.165) is 13.0 Å². The summed E-state index contributed by atoms with van der Waals surface area (Å²) in [6, 6.07) is 0.225. The van der Waals surface area contributed by atoms with Crippen LogP contribution in [0.2, 0.25) is 0 Å². The number of likely N-dealkylation sites (N-methyl/N-ethyl adjacent to an activating group) is 1. The van der Waals surface area contributed by atoms with Gasteiger partial charge < -0.3 is 15.5 Å². The molecule has 1 atom stereocenters. The van der Waals surface area contributed by atoms with Gasteiger partial charge in [0.1, 0.15) is 0 Å². The molecule has 4 heteroatoms. The fourth-order valence-electron chi connectivity index (χ4n) is 1.76. The summed E-state index contributed by atoms with van der Waals surface area (Å²) in [5.74, 6) is 0.640. The van der Waals surface area contributed by atoms with Gasteiger partial charge in [-0.05, 0) is 26.4 Å². The first-order chi connectivity index (χ1) is 7.95. The Labute approximate surface area is 105 Å². The van der Waals surface area contributed by atoms with Crippen molar-refractivity contribution in [3.05, 3.63) is 12.7 Å². The zero-order valence-corrected chi connectivity index (χ0v) is 11.6. The molecule has 4 nitrogen and oxygen atoms in total. The first-order valence-electron chi connectivity index (χ1n) is 6.21. The van der Waals surface area contributed by atoms with Gasteiger partial charge in [-0.15, -0.1) is 6.58 Å². The molecule has 1 unspecified atom stereocenters. The second kappa shape index (κ2) is 9.19. The van der Waals surface area contributed by atoms with Crippen LogP contribution in [0.5, 0.6) is 0 Å². The third kappa shape index (κ3) is 10.0. The molecule has 0 radical (unpaired) electrons. The Morgan fingerprint density at radius 2 is 2.06 bits per heavy atom. The molecule has 0 heterocycles. The van der Waals surface area contributed by atoms with E-state index in [1.54, 1.807) is 6.08 Å². The molecule has 1 amide bonds. The van der Waals surface area contributed by atoms with E-state index in [1.165, 1.54) is 0 Å². The summed E-state index contributed by atoms with van der Waals surface area (Å²) in [7, 11) is 4.05. The van der Waals surface area contributed by atoms with E-state index in [4.69, 9.17) is 0 Å². The SMILES string of the molecule is C=CCNCC(=O)NC(CC(C)C)CN(C)C. The fourth-order valence-corrected chi connectivity index (χ4v) is 1.76. The zero-order valence-electron chi connectivity index (χ0n) is 11.6. The van der Waals surface area contributed by atoms with E-state index in [1.807, 2.05) is 14.1 Å². The van der Waals surface area contributed by atoms with E-state index < -0.39 is 0 Å². The number of rotatable bonds is 9. The van der Waals surface area contributed by atoms with Crippen LogP contribution in [0.15, 0.2) is 12.7 Å². The smallest absolute Gasteiger partial charge is 0.234 e. The fraction of sp³-hybridized carbons (Fsp3) is 0.769. The van der Waals surface area contributed by atoms with E-state index >= 15 is 0 Å². The molecule has 17 heavy (non-hydrogen) atoms. The number of amides is 1. The number of carbonyl (C=O) groups excluding carboxylic acids is 1. The molecule has 0 rings (SSSR count). The van der Waals surface area contributed by atoms with Crippen molar-refractivity contribution < 1.29 is 4.79 Å². The Bertz CT molecular complexity index is 217. The first kappa shape index (κ1) is 16.1. The first-order valence-corrected chi connectivity index (χ1v) is 6.21. The molecule has 100 valence electrons. The molecule has 0 aromatic rings. The molecular formula is C13H27N3O. The molecule has 0 saturated heterocycles. The van der Waals surface area contributed by atoms with Crippen LogP contribution < -0.4 is 10.6 Å². The van der Waals surface area contributed by atoms with Crippen molar-refractivity contribution in [1.82, 2.24) is 15.5 Å². The molecule has 0 aliphatic rings. The minimum absolute atomic E-state index is 0.0550. The van der Waals surface area contributed by atoms with Crippen LogP contribution in [-0.4, -0.2) is 50.6 Å². The van der Waals surface area contributed by atoms with Gasteiger partial charge in [0, 0.05) is 19.1 Å². The van der Waals surface area contributed by atoms with Crippen molar-refractivity contribution >= 4 is 5.91 Å². The second-order valence-corrected chi connectivity index (χ2v) is 5.08. The highest BCUT2D eigenvalue weighted by Gasteiger charge is 2.14. The molecule has 0 saturated carbocycles. The molecule has 0 aliphatic heterocycles. The van der Waals surface area contributed by atoms with Crippen molar-refractivity contribution in [3.8, 4) is 0 Å². The van der Waals surface area contributed by atoms with Crippen LogP contribution in [0, 0.1) is 5.92 Å². The summed E-state index contributed by atoms with van der Waals surface area (Å²) in [6.45, 7) is 9.84. The second-order valence-electron chi connectivity index (χ2n) is 5.08. The van der Waals surface area contributed by atoms with Crippen molar-refractivity contribution in [2.75, 3.05) is 33.7 Å². The zero-order chi connectivity index (χ0) is 13.3. The normalized spacial score (nSPS) is 12.8. The Kier molecular flexibility index (Phi) is 8.72. The highest BCUT2D eigenvalue weighted by molar-refractivity contribution is 5.78. The molecule has 0 aromatic carbocycles. The number of hydrogen-bond acceptors (Lipinski definition) is 3. The monoisotopic (exact) mass is 241 g/mol. The summed E-state index contributed by atoms with van der Waals surface area (Å²) in [5.41, 5.74) is 0. The van der Waals surface area contributed by atoms with Crippen molar-refractivity contribution in [3.63, 3.8) is 0 Å². The Balaban J connectivity index is 4.03. The molecular weight excluding hydrogens is 214 g/mol. The number of carbonyl (C=O) groups is 1. The van der Waals surface area contributed by atoms with Crippen LogP contribution in [0.4, 0.5) is 0 Å². The predicted molar refractivity (Wildman–Crippen MR) is 73.0 cm³/mol. The van der Waals surface area contributed by atoms with Gasteiger partial charge in [-0.25, -0.2) is 0 Å².